The summed E-state index contributed by atoms with van der Waals surface area (Å²) in [4.78, 5) is 14.8. The molecule has 0 aromatic carbocycles. The average molecular weight is 289 g/mol. The van der Waals surface area contributed by atoms with Gasteiger partial charge >= 0.3 is 0 Å². The second-order valence-electron chi connectivity index (χ2n) is 6.13. The van der Waals surface area contributed by atoms with Crippen LogP contribution < -0.4 is 5.32 Å². The zero-order chi connectivity index (χ0) is 14.8. The highest BCUT2D eigenvalue weighted by atomic mass is 15.4. The zero-order valence-electron chi connectivity index (χ0n) is 13.5. The summed E-state index contributed by atoms with van der Waals surface area (Å²) in [5.74, 6) is 2.05. The molecule has 1 N–H and O–H groups in total. The predicted molar refractivity (Wildman–Crippen MR) is 85.7 cm³/mol. The van der Waals surface area contributed by atoms with Gasteiger partial charge in [-0.2, -0.15) is 0 Å². The number of aromatic nitrogens is 2. The van der Waals surface area contributed by atoms with Crippen molar-refractivity contribution in [1.29, 1.82) is 0 Å². The van der Waals surface area contributed by atoms with Crippen LogP contribution in [0.5, 0.6) is 0 Å². The number of hydrogen-bond donors (Lipinski definition) is 1. The van der Waals surface area contributed by atoms with Crippen molar-refractivity contribution in [3.05, 3.63) is 17.1 Å². The van der Waals surface area contributed by atoms with Gasteiger partial charge in [0, 0.05) is 50.5 Å². The van der Waals surface area contributed by atoms with Crippen LogP contribution in [0.25, 0.3) is 0 Å². The number of rotatable bonds is 5. The van der Waals surface area contributed by atoms with Crippen LogP contribution in [0, 0.1) is 6.92 Å². The Morgan fingerprint density at radius 2 is 1.90 bits per heavy atom. The third kappa shape index (κ3) is 2.90. The van der Waals surface area contributed by atoms with Gasteiger partial charge in [0.15, 0.2) is 0 Å². The van der Waals surface area contributed by atoms with E-state index in [1.54, 1.807) is 0 Å². The smallest absolute Gasteiger partial charge is 0.149 e. The molecule has 1 aromatic rings. The normalized spacial score (nSPS) is 27.9. The molecule has 4 rings (SSSR count). The highest BCUT2D eigenvalue weighted by Gasteiger charge is 2.35. The minimum Gasteiger partial charge on any atom is -0.370 e. The van der Waals surface area contributed by atoms with Gasteiger partial charge in [-0.1, -0.05) is 13.8 Å². The van der Waals surface area contributed by atoms with Crippen molar-refractivity contribution in [2.45, 2.75) is 39.7 Å². The van der Waals surface area contributed by atoms with Crippen LogP contribution in [0.4, 0.5) is 5.82 Å². The van der Waals surface area contributed by atoms with Crippen LogP contribution in [0.1, 0.15) is 43.4 Å². The lowest BCUT2D eigenvalue weighted by Crippen LogP contribution is -2.57. The van der Waals surface area contributed by atoms with E-state index in [-0.39, 0.29) is 0 Å². The van der Waals surface area contributed by atoms with Crippen LogP contribution in [-0.2, 0) is 6.42 Å². The van der Waals surface area contributed by atoms with Gasteiger partial charge in [-0.05, 0) is 19.8 Å². The van der Waals surface area contributed by atoms with Crippen LogP contribution in [0.2, 0.25) is 0 Å². The third-order valence-corrected chi connectivity index (χ3v) is 4.72. The van der Waals surface area contributed by atoms with E-state index in [1.807, 2.05) is 0 Å². The van der Waals surface area contributed by atoms with Gasteiger partial charge in [-0.3, -0.25) is 9.80 Å². The molecule has 0 amide bonds. The van der Waals surface area contributed by atoms with Crippen molar-refractivity contribution < 1.29 is 0 Å². The summed E-state index contributed by atoms with van der Waals surface area (Å²) < 4.78 is 0. The zero-order valence-corrected chi connectivity index (χ0v) is 13.5. The summed E-state index contributed by atoms with van der Waals surface area (Å²) in [7, 11) is 0. The van der Waals surface area contributed by atoms with Gasteiger partial charge in [0.25, 0.3) is 0 Å². The fraction of sp³-hybridized carbons (Fsp3) is 0.750. The van der Waals surface area contributed by atoms with Crippen molar-refractivity contribution in [3.8, 4) is 0 Å². The maximum atomic E-state index is 4.88. The molecule has 1 aromatic heterocycles. The number of nitrogens with one attached hydrogen (secondary N) is 1. The largest absolute Gasteiger partial charge is 0.370 e. The molecule has 0 radical (unpaired) electrons. The average Bonchev–Trinajstić information content (AvgIpc) is 2.55. The summed E-state index contributed by atoms with van der Waals surface area (Å²) >= 11 is 0. The molecule has 1 atom stereocenters. The molecule has 3 fully saturated rings. The summed E-state index contributed by atoms with van der Waals surface area (Å²) in [5, 5.41) is 3.48. The molecule has 0 aliphatic carbocycles. The Hall–Kier alpha value is -1.20. The first kappa shape index (κ1) is 14.7. The second-order valence-corrected chi connectivity index (χ2v) is 6.13. The van der Waals surface area contributed by atoms with Crippen molar-refractivity contribution in [2.75, 3.05) is 44.6 Å². The Balaban J connectivity index is 1.90. The van der Waals surface area contributed by atoms with Gasteiger partial charge < -0.3 is 5.32 Å². The Kier molecular flexibility index (Phi) is 4.40. The van der Waals surface area contributed by atoms with Crippen molar-refractivity contribution in [3.63, 3.8) is 0 Å². The predicted octanol–water partition coefficient (Wildman–Crippen LogP) is 1.84. The maximum Gasteiger partial charge on any atom is 0.149 e. The van der Waals surface area contributed by atoms with Gasteiger partial charge in [0.2, 0.25) is 0 Å². The van der Waals surface area contributed by atoms with E-state index in [2.05, 4.69) is 35.9 Å². The number of fused-ring (bicyclic) bond motifs is 3. The highest BCUT2D eigenvalue weighted by molar-refractivity contribution is 5.46. The Bertz CT molecular complexity index is 494. The van der Waals surface area contributed by atoms with E-state index < -0.39 is 0 Å². The van der Waals surface area contributed by atoms with E-state index in [4.69, 9.17) is 9.97 Å². The molecular weight excluding hydrogens is 262 g/mol. The summed E-state index contributed by atoms with van der Waals surface area (Å²) in [6, 6.07) is 0.376. The lowest BCUT2D eigenvalue weighted by Gasteiger charge is -2.46. The standard InChI is InChI=1S/C16H27N5/c1-4-6-17-15-12(3)13(5-2)18-16(19-15)14-11-20-7-9-21(14)10-8-20/h14H,4-11H2,1-3H3,(H,17,18,19). The maximum absolute atomic E-state index is 4.88. The number of anilines is 1. The molecule has 1 unspecified atom stereocenters. The van der Waals surface area contributed by atoms with Gasteiger partial charge in [-0.15, -0.1) is 0 Å². The molecule has 5 heteroatoms. The summed E-state index contributed by atoms with van der Waals surface area (Å²) in [5.41, 5.74) is 2.40. The van der Waals surface area contributed by atoms with Crippen LogP contribution >= 0.6 is 0 Å². The molecular formula is C16H27N5. The number of nitrogens with zero attached hydrogens (tertiary/aromatic N) is 4. The van der Waals surface area contributed by atoms with E-state index in [0.29, 0.717) is 6.04 Å². The Morgan fingerprint density at radius 1 is 1.14 bits per heavy atom. The third-order valence-electron chi connectivity index (χ3n) is 4.72. The van der Waals surface area contributed by atoms with Crippen molar-refractivity contribution >= 4 is 5.82 Å². The van der Waals surface area contributed by atoms with Gasteiger partial charge in [-0.25, -0.2) is 9.97 Å². The molecule has 0 saturated carbocycles. The molecule has 3 aliphatic rings. The van der Waals surface area contributed by atoms with Crippen molar-refractivity contribution in [1.82, 2.24) is 19.8 Å². The van der Waals surface area contributed by atoms with Gasteiger partial charge in [0.1, 0.15) is 11.6 Å². The molecule has 2 bridgehead atoms. The van der Waals surface area contributed by atoms with Crippen LogP contribution in [0.3, 0.4) is 0 Å². The first-order chi connectivity index (χ1) is 10.2. The topological polar surface area (TPSA) is 44.3 Å². The fourth-order valence-electron chi connectivity index (χ4n) is 3.35. The molecule has 21 heavy (non-hydrogen) atoms. The minimum atomic E-state index is 0.376. The number of piperazine rings is 3. The molecule has 5 nitrogen and oxygen atoms in total. The number of hydrogen-bond acceptors (Lipinski definition) is 5. The van der Waals surface area contributed by atoms with Crippen LogP contribution in [-0.4, -0.2) is 59.0 Å². The summed E-state index contributed by atoms with van der Waals surface area (Å²) in [6.45, 7) is 13.3. The first-order valence-corrected chi connectivity index (χ1v) is 8.30. The van der Waals surface area contributed by atoms with E-state index >= 15 is 0 Å². The fourth-order valence-corrected chi connectivity index (χ4v) is 3.35. The van der Waals surface area contributed by atoms with E-state index in [0.717, 1.165) is 50.7 Å². The van der Waals surface area contributed by atoms with E-state index in [1.165, 1.54) is 24.3 Å². The number of aryl methyl sites for hydroxylation is 1. The molecule has 3 saturated heterocycles. The Morgan fingerprint density at radius 3 is 2.48 bits per heavy atom. The molecule has 0 spiro atoms. The van der Waals surface area contributed by atoms with E-state index in [9.17, 15) is 0 Å². The molecule has 116 valence electrons. The lowest BCUT2D eigenvalue weighted by molar-refractivity contribution is 0.00861. The Labute approximate surface area is 127 Å². The molecule has 4 heterocycles. The first-order valence-electron chi connectivity index (χ1n) is 8.30. The minimum absolute atomic E-state index is 0.376. The lowest BCUT2D eigenvalue weighted by atomic mass is 10.1. The van der Waals surface area contributed by atoms with Crippen molar-refractivity contribution in [2.24, 2.45) is 0 Å². The SMILES string of the molecule is CCCNc1nc(C2CN3CCN2CC3)nc(CC)c1C. The quantitative estimate of drug-likeness (QED) is 0.896. The second kappa shape index (κ2) is 6.28. The highest BCUT2D eigenvalue weighted by Crippen LogP contribution is 2.28. The van der Waals surface area contributed by atoms with Crippen LogP contribution in [0.15, 0.2) is 0 Å². The monoisotopic (exact) mass is 289 g/mol. The van der Waals surface area contributed by atoms with Gasteiger partial charge in [0.05, 0.1) is 6.04 Å². The molecule has 3 aliphatic heterocycles. The summed E-state index contributed by atoms with van der Waals surface area (Å²) in [6.07, 6.45) is 2.09.